The van der Waals surface area contributed by atoms with Crippen molar-refractivity contribution in [1.29, 1.82) is 0 Å². The van der Waals surface area contributed by atoms with Crippen LogP contribution in [0, 0.1) is 13.8 Å². The van der Waals surface area contributed by atoms with Crippen LogP contribution < -0.4 is 14.8 Å². The maximum absolute atomic E-state index is 12.8. The molecule has 0 aliphatic heterocycles. The van der Waals surface area contributed by atoms with Crippen LogP contribution in [0.25, 0.3) is 11.1 Å². The number of rotatable bonds is 8. The van der Waals surface area contributed by atoms with E-state index >= 15 is 0 Å². The van der Waals surface area contributed by atoms with Gasteiger partial charge in [-0.1, -0.05) is 24.3 Å². The molecule has 32 heavy (non-hydrogen) atoms. The zero-order valence-electron chi connectivity index (χ0n) is 18.9. The number of benzene rings is 2. The Morgan fingerprint density at radius 1 is 0.969 bits per heavy atom. The van der Waals surface area contributed by atoms with E-state index in [-0.39, 0.29) is 18.9 Å². The zero-order valence-corrected chi connectivity index (χ0v) is 19.7. The summed E-state index contributed by atoms with van der Waals surface area (Å²) in [7, 11) is 3.11. The van der Waals surface area contributed by atoms with Crippen LogP contribution >= 0.6 is 11.3 Å². The number of methoxy groups -OCH3 is 2. The molecule has 0 spiro atoms. The van der Waals surface area contributed by atoms with Gasteiger partial charge in [0.25, 0.3) is 0 Å². The van der Waals surface area contributed by atoms with Gasteiger partial charge in [0.15, 0.2) is 11.5 Å². The van der Waals surface area contributed by atoms with Crippen molar-refractivity contribution >= 4 is 28.2 Å². The first-order chi connectivity index (χ1) is 15.4. The summed E-state index contributed by atoms with van der Waals surface area (Å²) >= 11 is 1.31. The summed E-state index contributed by atoms with van der Waals surface area (Å²) in [4.78, 5) is 25.6. The molecule has 6 nitrogen and oxygen atoms in total. The highest BCUT2D eigenvalue weighted by atomic mass is 32.1. The van der Waals surface area contributed by atoms with Gasteiger partial charge in [0.1, 0.15) is 10.6 Å². The highest BCUT2D eigenvalue weighted by molar-refractivity contribution is 7.15. The molecule has 0 bridgehead atoms. The standard InChI is InChI=1S/C25H27NO5S/c1-6-31-25(28)23-19(18-9-7-15(2)16(3)11-18)14-32-24(23)26-22(27)13-17-8-10-20(29-4)21(12-17)30-5/h7-12,14H,6,13H2,1-5H3,(H,26,27). The minimum atomic E-state index is -0.455. The Morgan fingerprint density at radius 3 is 2.38 bits per heavy atom. The van der Waals surface area contributed by atoms with E-state index in [1.54, 1.807) is 33.3 Å². The van der Waals surface area contributed by atoms with Gasteiger partial charge in [-0.2, -0.15) is 0 Å². The number of hydrogen-bond acceptors (Lipinski definition) is 6. The monoisotopic (exact) mass is 453 g/mol. The number of carbonyl (C=O) groups excluding carboxylic acids is 2. The second kappa shape index (κ2) is 10.3. The summed E-state index contributed by atoms with van der Waals surface area (Å²) in [5.74, 6) is 0.454. The van der Waals surface area contributed by atoms with Crippen molar-refractivity contribution in [3.63, 3.8) is 0 Å². The number of nitrogens with one attached hydrogen (secondary N) is 1. The normalized spacial score (nSPS) is 10.5. The van der Waals surface area contributed by atoms with Crippen LogP contribution in [0.15, 0.2) is 41.8 Å². The predicted octanol–water partition coefficient (Wildman–Crippen LogP) is 5.41. The van der Waals surface area contributed by atoms with Gasteiger partial charge < -0.3 is 19.5 Å². The van der Waals surface area contributed by atoms with Crippen molar-refractivity contribution in [3.05, 3.63) is 64.0 Å². The van der Waals surface area contributed by atoms with E-state index < -0.39 is 5.97 Å². The number of thiophene rings is 1. The number of ether oxygens (including phenoxy) is 3. The summed E-state index contributed by atoms with van der Waals surface area (Å²) in [5.41, 5.74) is 5.10. The van der Waals surface area contributed by atoms with Crippen LogP contribution in [-0.2, 0) is 16.0 Å². The quantitative estimate of drug-likeness (QED) is 0.462. The molecule has 168 valence electrons. The molecule has 0 saturated carbocycles. The summed E-state index contributed by atoms with van der Waals surface area (Å²) in [6.45, 7) is 6.08. The fourth-order valence-electron chi connectivity index (χ4n) is 3.32. The average molecular weight is 454 g/mol. The number of amides is 1. The lowest BCUT2D eigenvalue weighted by Gasteiger charge is -2.11. The van der Waals surface area contributed by atoms with Crippen molar-refractivity contribution in [3.8, 4) is 22.6 Å². The third kappa shape index (κ3) is 5.11. The highest BCUT2D eigenvalue weighted by Gasteiger charge is 2.23. The van der Waals surface area contributed by atoms with E-state index in [9.17, 15) is 9.59 Å². The predicted molar refractivity (Wildman–Crippen MR) is 127 cm³/mol. The van der Waals surface area contributed by atoms with Gasteiger partial charge in [-0.15, -0.1) is 11.3 Å². The second-order valence-corrected chi connectivity index (χ2v) is 8.17. The first-order valence-corrected chi connectivity index (χ1v) is 11.1. The summed E-state index contributed by atoms with van der Waals surface area (Å²) in [6.07, 6.45) is 0.124. The highest BCUT2D eigenvalue weighted by Crippen LogP contribution is 2.37. The average Bonchev–Trinajstić information content (AvgIpc) is 3.19. The van der Waals surface area contributed by atoms with Crippen LogP contribution in [0.4, 0.5) is 5.00 Å². The van der Waals surface area contributed by atoms with Gasteiger partial charge in [0.2, 0.25) is 5.91 Å². The number of hydrogen-bond donors (Lipinski definition) is 1. The summed E-state index contributed by atoms with van der Waals surface area (Å²) < 4.78 is 15.8. The smallest absolute Gasteiger partial charge is 0.341 e. The fraction of sp³-hybridized carbons (Fsp3) is 0.280. The van der Waals surface area contributed by atoms with E-state index in [1.807, 2.05) is 43.5 Å². The summed E-state index contributed by atoms with van der Waals surface area (Å²) in [6, 6.07) is 11.4. The lowest BCUT2D eigenvalue weighted by Crippen LogP contribution is -2.16. The van der Waals surface area contributed by atoms with Crippen molar-refractivity contribution in [2.24, 2.45) is 0 Å². The third-order valence-corrected chi connectivity index (χ3v) is 6.05. The van der Waals surface area contributed by atoms with E-state index in [4.69, 9.17) is 14.2 Å². The molecular formula is C25H27NO5S. The molecule has 2 aromatic carbocycles. The lowest BCUT2D eigenvalue weighted by atomic mass is 9.99. The van der Waals surface area contributed by atoms with E-state index in [2.05, 4.69) is 5.32 Å². The van der Waals surface area contributed by atoms with Crippen LogP contribution in [0.5, 0.6) is 11.5 Å². The number of carbonyl (C=O) groups is 2. The molecule has 3 rings (SSSR count). The maximum Gasteiger partial charge on any atom is 0.341 e. The van der Waals surface area contributed by atoms with E-state index in [0.717, 1.165) is 22.3 Å². The molecule has 0 atom stereocenters. The van der Waals surface area contributed by atoms with Crippen molar-refractivity contribution in [1.82, 2.24) is 0 Å². The Bertz CT molecular complexity index is 1140. The molecule has 0 unspecified atom stereocenters. The molecule has 3 aromatic rings. The largest absolute Gasteiger partial charge is 0.493 e. The molecular weight excluding hydrogens is 426 g/mol. The molecule has 1 aromatic heterocycles. The Balaban J connectivity index is 1.88. The van der Waals surface area contributed by atoms with E-state index in [0.29, 0.717) is 22.1 Å². The SMILES string of the molecule is CCOC(=O)c1c(-c2ccc(C)c(C)c2)csc1NC(=O)Cc1ccc(OC)c(OC)c1. The fourth-order valence-corrected chi connectivity index (χ4v) is 4.30. The Labute approximate surface area is 192 Å². The molecule has 0 fully saturated rings. The van der Waals surface area contributed by atoms with E-state index in [1.165, 1.54) is 16.9 Å². The van der Waals surface area contributed by atoms with Gasteiger partial charge in [-0.3, -0.25) is 4.79 Å². The van der Waals surface area contributed by atoms with Crippen LogP contribution in [-0.4, -0.2) is 32.7 Å². The minimum Gasteiger partial charge on any atom is -0.493 e. The zero-order chi connectivity index (χ0) is 23.3. The molecule has 1 amide bonds. The molecule has 7 heteroatoms. The van der Waals surface area contributed by atoms with Gasteiger partial charge in [-0.25, -0.2) is 4.79 Å². The van der Waals surface area contributed by atoms with Crippen LogP contribution in [0.1, 0.15) is 34.0 Å². The first-order valence-electron chi connectivity index (χ1n) is 10.2. The molecule has 0 saturated heterocycles. The molecule has 0 aliphatic carbocycles. The summed E-state index contributed by atoms with van der Waals surface area (Å²) in [5, 5.41) is 5.24. The Kier molecular flexibility index (Phi) is 7.53. The van der Waals surface area contributed by atoms with Crippen molar-refractivity contribution in [2.75, 3.05) is 26.1 Å². The van der Waals surface area contributed by atoms with Gasteiger partial charge in [-0.05, 0) is 55.2 Å². The Morgan fingerprint density at radius 2 is 1.72 bits per heavy atom. The Hall–Kier alpha value is -3.32. The van der Waals surface area contributed by atoms with Crippen molar-refractivity contribution in [2.45, 2.75) is 27.2 Å². The third-order valence-electron chi connectivity index (χ3n) is 5.15. The van der Waals surface area contributed by atoms with Crippen molar-refractivity contribution < 1.29 is 23.8 Å². The van der Waals surface area contributed by atoms with Crippen LogP contribution in [0.2, 0.25) is 0 Å². The number of anilines is 1. The van der Waals surface area contributed by atoms with Gasteiger partial charge in [0.05, 0.1) is 27.2 Å². The maximum atomic E-state index is 12.8. The van der Waals surface area contributed by atoms with Gasteiger partial charge >= 0.3 is 5.97 Å². The number of aryl methyl sites for hydroxylation is 2. The second-order valence-electron chi connectivity index (χ2n) is 7.29. The molecule has 1 heterocycles. The molecule has 1 N–H and O–H groups in total. The van der Waals surface area contributed by atoms with Crippen LogP contribution in [0.3, 0.4) is 0 Å². The first kappa shape index (κ1) is 23.3. The topological polar surface area (TPSA) is 73.9 Å². The minimum absolute atomic E-state index is 0.124. The number of esters is 1. The lowest BCUT2D eigenvalue weighted by molar-refractivity contribution is -0.115. The molecule has 0 aliphatic rings. The van der Waals surface area contributed by atoms with Gasteiger partial charge in [0, 0.05) is 10.9 Å². The molecule has 0 radical (unpaired) electrons.